The van der Waals surface area contributed by atoms with Crippen LogP contribution in [0.3, 0.4) is 0 Å². The monoisotopic (exact) mass is 597 g/mol. The average molecular weight is 598 g/mol. The Labute approximate surface area is 272 Å². The van der Waals surface area contributed by atoms with Gasteiger partial charge in [0, 0.05) is 16.9 Å². The van der Waals surface area contributed by atoms with Gasteiger partial charge < -0.3 is 4.74 Å². The third-order valence-electron chi connectivity index (χ3n) is 10.1. The number of nitrogens with zero attached hydrogens (tertiary/aromatic N) is 1. The van der Waals surface area contributed by atoms with Crippen LogP contribution in [0, 0.1) is 0 Å². The van der Waals surface area contributed by atoms with Crippen molar-refractivity contribution < 1.29 is 4.74 Å². The van der Waals surface area contributed by atoms with Gasteiger partial charge in [0.15, 0.2) is 0 Å². The van der Waals surface area contributed by atoms with Crippen LogP contribution in [0.2, 0.25) is 0 Å². The molecule has 1 atom stereocenters. The molecule has 3 aromatic carbocycles. The highest BCUT2D eigenvalue weighted by atomic mass is 16.5. The van der Waals surface area contributed by atoms with E-state index in [9.17, 15) is 0 Å². The zero-order valence-corrected chi connectivity index (χ0v) is 26.7. The summed E-state index contributed by atoms with van der Waals surface area (Å²) in [4.78, 5) is 5.18. The van der Waals surface area contributed by atoms with Gasteiger partial charge in [-0.2, -0.15) is 0 Å². The molecule has 2 nitrogen and oxygen atoms in total. The van der Waals surface area contributed by atoms with Gasteiger partial charge in [0.1, 0.15) is 11.5 Å². The van der Waals surface area contributed by atoms with E-state index in [4.69, 9.17) is 9.72 Å². The molecular weight excluding hydrogens is 558 g/mol. The summed E-state index contributed by atoms with van der Waals surface area (Å²) >= 11 is 0. The number of pyridine rings is 1. The van der Waals surface area contributed by atoms with Crippen molar-refractivity contribution in [2.24, 2.45) is 0 Å². The summed E-state index contributed by atoms with van der Waals surface area (Å²) in [7, 11) is 0. The predicted octanol–water partition coefficient (Wildman–Crippen LogP) is 11.5. The van der Waals surface area contributed by atoms with Gasteiger partial charge in [-0.3, -0.25) is 0 Å². The summed E-state index contributed by atoms with van der Waals surface area (Å²) in [5.41, 5.74) is 13.3. The molecule has 0 N–H and O–H groups in total. The molecule has 0 saturated carbocycles. The minimum absolute atomic E-state index is 0.189. The van der Waals surface area contributed by atoms with Crippen LogP contribution < -0.4 is 4.74 Å². The molecule has 46 heavy (non-hydrogen) atoms. The lowest BCUT2D eigenvalue weighted by molar-refractivity contribution is 0.424. The van der Waals surface area contributed by atoms with E-state index in [1.807, 2.05) is 0 Å². The van der Waals surface area contributed by atoms with Crippen LogP contribution >= 0.6 is 0 Å². The maximum atomic E-state index is 6.32. The molecule has 0 amide bonds. The zero-order valence-electron chi connectivity index (χ0n) is 26.7. The molecule has 2 heterocycles. The normalized spacial score (nSPS) is 18.3. The Morgan fingerprint density at radius 2 is 1.26 bits per heavy atom. The number of fused-ring (bicyclic) bond motifs is 3. The number of rotatable bonds is 6. The van der Waals surface area contributed by atoms with Crippen molar-refractivity contribution in [1.29, 1.82) is 0 Å². The summed E-state index contributed by atoms with van der Waals surface area (Å²) in [6.07, 6.45) is 24.9. The Kier molecular flexibility index (Phi) is 7.29. The topological polar surface area (TPSA) is 22.1 Å². The van der Waals surface area contributed by atoms with Gasteiger partial charge in [-0.15, -0.1) is 0 Å². The Morgan fingerprint density at radius 1 is 0.630 bits per heavy atom. The van der Waals surface area contributed by atoms with E-state index in [0.29, 0.717) is 5.92 Å². The van der Waals surface area contributed by atoms with Crippen molar-refractivity contribution in [1.82, 2.24) is 4.98 Å². The van der Waals surface area contributed by atoms with Crippen LogP contribution in [-0.2, 0) is 5.41 Å². The molecule has 0 saturated heterocycles. The second-order valence-corrected chi connectivity index (χ2v) is 13.4. The van der Waals surface area contributed by atoms with Gasteiger partial charge in [-0.05, 0) is 107 Å². The Bertz CT molecular complexity index is 1980. The quantitative estimate of drug-likeness (QED) is 0.221. The Balaban J connectivity index is 1.13. The van der Waals surface area contributed by atoms with E-state index in [0.717, 1.165) is 55.0 Å². The molecule has 3 aliphatic carbocycles. The first-order chi connectivity index (χ1) is 22.5. The highest BCUT2D eigenvalue weighted by Crippen LogP contribution is 2.46. The van der Waals surface area contributed by atoms with Crippen LogP contribution in [0.4, 0.5) is 0 Å². The second kappa shape index (κ2) is 11.8. The first-order valence-corrected chi connectivity index (χ1v) is 16.7. The van der Waals surface area contributed by atoms with Crippen LogP contribution in [0.25, 0.3) is 33.4 Å². The van der Waals surface area contributed by atoms with E-state index < -0.39 is 0 Å². The highest BCUT2D eigenvalue weighted by molar-refractivity contribution is 5.79. The lowest BCUT2D eigenvalue weighted by atomic mass is 9.76. The van der Waals surface area contributed by atoms with E-state index in [1.54, 1.807) is 0 Å². The number of allylic oxidation sites excluding steroid dienone is 12. The smallest absolute Gasteiger partial charge is 0.131 e. The molecule has 1 aliphatic heterocycles. The maximum Gasteiger partial charge on any atom is 0.131 e. The molecule has 1 unspecified atom stereocenters. The van der Waals surface area contributed by atoms with Gasteiger partial charge in [-0.1, -0.05) is 117 Å². The lowest BCUT2D eigenvalue weighted by Gasteiger charge is -2.27. The first kappa shape index (κ1) is 28.5. The van der Waals surface area contributed by atoms with E-state index in [1.165, 1.54) is 50.1 Å². The number of aromatic nitrogens is 1. The van der Waals surface area contributed by atoms with E-state index >= 15 is 0 Å². The largest absolute Gasteiger partial charge is 0.461 e. The number of ether oxygens (including phenoxy) is 1. The minimum atomic E-state index is -0.189. The molecule has 0 fully saturated rings. The van der Waals surface area contributed by atoms with Crippen molar-refractivity contribution >= 4 is 11.1 Å². The summed E-state index contributed by atoms with van der Waals surface area (Å²) in [6.45, 7) is 4.63. The van der Waals surface area contributed by atoms with Crippen LogP contribution in [0.5, 0.6) is 5.75 Å². The van der Waals surface area contributed by atoms with Gasteiger partial charge in [0.2, 0.25) is 0 Å². The van der Waals surface area contributed by atoms with Crippen molar-refractivity contribution in [2.75, 3.05) is 0 Å². The highest BCUT2D eigenvalue weighted by Gasteiger charge is 2.32. The second-order valence-electron chi connectivity index (χ2n) is 13.4. The number of hydrogen-bond donors (Lipinski definition) is 0. The minimum Gasteiger partial charge on any atom is -0.461 e. The molecule has 0 bridgehead atoms. The van der Waals surface area contributed by atoms with Gasteiger partial charge >= 0.3 is 0 Å². The summed E-state index contributed by atoms with van der Waals surface area (Å²) in [5, 5.41) is 0. The zero-order chi connectivity index (χ0) is 31.1. The van der Waals surface area contributed by atoms with Gasteiger partial charge in [-0.25, -0.2) is 4.98 Å². The Hall–Kier alpha value is -4.95. The fourth-order valence-electron chi connectivity index (χ4n) is 7.21. The Morgan fingerprint density at radius 3 is 1.96 bits per heavy atom. The van der Waals surface area contributed by atoms with Crippen molar-refractivity contribution in [3.8, 4) is 28.0 Å². The first-order valence-electron chi connectivity index (χ1n) is 16.7. The van der Waals surface area contributed by atoms with Crippen LogP contribution in [-0.4, -0.2) is 4.98 Å². The standard InChI is InChI=1S/C44H39NO/c1-44(2,37-23-24-39-38-21-9-10-22-42(38)46-43(39)29-37)36-20-12-19-34(26-36)32-17-11-18-33(25-32)35-27-40(30-13-5-3-6-14-30)45-41(28-35)31-15-7-4-8-16-31/h3-5,7,9-13,15,17-20,22-29,38H,6,8,14,16,21H2,1-2H3. The van der Waals surface area contributed by atoms with Crippen molar-refractivity contribution in [3.63, 3.8) is 0 Å². The molecule has 2 heteroatoms. The summed E-state index contributed by atoms with van der Waals surface area (Å²) in [6, 6.07) is 29.4. The van der Waals surface area contributed by atoms with E-state index in [-0.39, 0.29) is 5.41 Å². The third-order valence-corrected chi connectivity index (χ3v) is 10.1. The van der Waals surface area contributed by atoms with Crippen LogP contribution in [0.1, 0.15) is 79.9 Å². The SMILES string of the molecule is CC(C)(c1cccc(-c2cccc(-c3cc(C4=CC=CCC4)nc(C4=CC=CCC4)c3)c2)c1)c1ccc2c(c1)OC1=CC=CCC12. The molecule has 0 spiro atoms. The molecule has 8 rings (SSSR count). The fourth-order valence-corrected chi connectivity index (χ4v) is 7.21. The molecule has 226 valence electrons. The van der Waals surface area contributed by atoms with Crippen molar-refractivity contribution in [2.45, 2.75) is 57.3 Å². The average Bonchev–Trinajstić information content (AvgIpc) is 3.50. The molecule has 4 aliphatic rings. The van der Waals surface area contributed by atoms with E-state index in [2.05, 4.69) is 147 Å². The van der Waals surface area contributed by atoms with Crippen molar-refractivity contribution in [3.05, 3.63) is 167 Å². The predicted molar refractivity (Wildman–Crippen MR) is 192 cm³/mol. The molecule has 1 aromatic heterocycles. The molecular formula is C44H39NO. The maximum absolute atomic E-state index is 6.32. The van der Waals surface area contributed by atoms with Gasteiger partial charge in [0.05, 0.1) is 11.4 Å². The fraction of sp³-hybridized carbons (Fsp3) is 0.205. The molecule has 0 radical (unpaired) electrons. The number of hydrogen-bond acceptors (Lipinski definition) is 2. The van der Waals surface area contributed by atoms with Gasteiger partial charge in [0.25, 0.3) is 0 Å². The third kappa shape index (κ3) is 5.32. The summed E-state index contributed by atoms with van der Waals surface area (Å²) < 4.78 is 6.32. The summed E-state index contributed by atoms with van der Waals surface area (Å²) in [5.74, 6) is 2.43. The van der Waals surface area contributed by atoms with Crippen LogP contribution in [0.15, 0.2) is 139 Å². The molecule has 4 aromatic rings. The number of benzene rings is 3. The lowest BCUT2D eigenvalue weighted by Crippen LogP contribution is -2.19.